The standard InChI is InChI=1S/C52H34BN2O2S/c1-52(2,3)28-16-18-29(19-17-28)54-39-24-37-31-11-6-9-15-46(31)58-47(37)26-35(39)32-20-21-34-48-40(22-23-44-49(48)33-12-5-8-14-43(33)56-44)55-41-25-36-30-10-4-7-13-42(30)57-45(36)27-38(41)53-50(32)51(34)55/h4-27,54H,1-3H3. The minimum atomic E-state index is 0.0725. The molecule has 5 heterocycles. The van der Waals surface area contributed by atoms with Crippen molar-refractivity contribution in [3.05, 3.63) is 151 Å². The molecule has 0 aliphatic carbocycles. The first kappa shape index (κ1) is 32.3. The van der Waals surface area contributed by atoms with Crippen molar-refractivity contribution in [1.82, 2.24) is 4.57 Å². The Labute approximate surface area is 338 Å². The Morgan fingerprint density at radius 2 is 1.29 bits per heavy atom. The van der Waals surface area contributed by atoms with Crippen molar-refractivity contribution >= 4 is 127 Å². The van der Waals surface area contributed by atoms with Gasteiger partial charge in [-0.2, -0.15) is 0 Å². The normalized spacial score (nSPS) is 12.9. The number of furan rings is 2. The second-order valence-electron chi connectivity index (χ2n) is 16.8. The zero-order valence-electron chi connectivity index (χ0n) is 32.1. The zero-order valence-corrected chi connectivity index (χ0v) is 32.9. The molecule has 1 N–H and O–H groups in total. The summed E-state index contributed by atoms with van der Waals surface area (Å²) in [5.74, 6) is 0. The first-order valence-electron chi connectivity index (χ1n) is 19.9. The minimum Gasteiger partial charge on any atom is -0.456 e. The SMILES string of the molecule is CC(C)(C)c1ccc(Nc2cc3c(cc2-c2ccc4c5c6c(ccc5n5c4c2[B]c2cc4oc7ccccc7c4cc2-5)oc2ccccc26)sc2ccccc23)cc1. The van der Waals surface area contributed by atoms with Crippen LogP contribution in [0.1, 0.15) is 26.3 Å². The fourth-order valence-corrected chi connectivity index (χ4v) is 10.7. The zero-order chi connectivity index (χ0) is 38.4. The third-order valence-electron chi connectivity index (χ3n) is 12.4. The Bertz CT molecular complexity index is 3720. The number of hydrogen-bond acceptors (Lipinski definition) is 4. The molecule has 0 fully saturated rings. The van der Waals surface area contributed by atoms with Crippen LogP contribution in [0.25, 0.3) is 103 Å². The Kier molecular flexibility index (Phi) is 6.37. The molecule has 13 rings (SSSR count). The number of rotatable bonds is 3. The van der Waals surface area contributed by atoms with Crippen molar-refractivity contribution < 1.29 is 8.83 Å². The van der Waals surface area contributed by atoms with E-state index in [0.29, 0.717) is 0 Å². The lowest BCUT2D eigenvalue weighted by molar-refractivity contribution is 0.590. The molecule has 0 atom stereocenters. The third kappa shape index (κ3) is 4.46. The Hall–Kier alpha value is -6.76. The van der Waals surface area contributed by atoms with Crippen LogP contribution in [-0.2, 0) is 5.41 Å². The fourth-order valence-electron chi connectivity index (χ4n) is 9.61. The van der Waals surface area contributed by atoms with Crippen LogP contribution in [0.2, 0.25) is 0 Å². The van der Waals surface area contributed by atoms with Crippen LogP contribution in [0, 0.1) is 0 Å². The molecule has 4 aromatic heterocycles. The molecule has 1 radical (unpaired) electrons. The van der Waals surface area contributed by atoms with Gasteiger partial charge in [-0.25, -0.2) is 0 Å². The highest BCUT2D eigenvalue weighted by Gasteiger charge is 2.29. The first-order chi connectivity index (χ1) is 28.4. The van der Waals surface area contributed by atoms with Crippen molar-refractivity contribution in [3.8, 4) is 16.8 Å². The molecule has 0 saturated carbocycles. The number of para-hydroxylation sites is 2. The lowest BCUT2D eigenvalue weighted by Gasteiger charge is -2.24. The largest absolute Gasteiger partial charge is 0.456 e. The summed E-state index contributed by atoms with van der Waals surface area (Å²) in [5.41, 5.74) is 15.3. The van der Waals surface area contributed by atoms with Gasteiger partial charge in [-0.1, -0.05) is 105 Å². The van der Waals surface area contributed by atoms with Gasteiger partial charge in [0.25, 0.3) is 0 Å². The second-order valence-corrected chi connectivity index (χ2v) is 17.9. The van der Waals surface area contributed by atoms with Gasteiger partial charge in [-0.05, 0) is 88.7 Å². The highest BCUT2D eigenvalue weighted by molar-refractivity contribution is 7.25. The van der Waals surface area contributed by atoms with Crippen molar-refractivity contribution in [2.24, 2.45) is 0 Å². The third-order valence-corrected chi connectivity index (χ3v) is 13.5. The Balaban J connectivity index is 1.13. The van der Waals surface area contributed by atoms with Gasteiger partial charge >= 0.3 is 0 Å². The molecule has 1 aliphatic rings. The van der Waals surface area contributed by atoms with E-state index in [1.54, 1.807) is 0 Å². The number of hydrogen-bond donors (Lipinski definition) is 1. The molecule has 1 aliphatic heterocycles. The van der Waals surface area contributed by atoms with E-state index in [1.165, 1.54) is 53.1 Å². The number of nitrogens with one attached hydrogen (secondary N) is 1. The summed E-state index contributed by atoms with van der Waals surface area (Å²) in [6.45, 7) is 6.79. The summed E-state index contributed by atoms with van der Waals surface area (Å²) >= 11 is 1.86. The van der Waals surface area contributed by atoms with Crippen LogP contribution in [0.5, 0.6) is 0 Å². The number of aromatic nitrogens is 1. The van der Waals surface area contributed by atoms with E-state index < -0.39 is 0 Å². The Morgan fingerprint density at radius 3 is 2.12 bits per heavy atom. The molecule has 8 aromatic carbocycles. The number of anilines is 2. The summed E-state index contributed by atoms with van der Waals surface area (Å²) in [4.78, 5) is 0. The van der Waals surface area contributed by atoms with Crippen molar-refractivity contribution in [2.45, 2.75) is 26.2 Å². The molecule has 0 spiro atoms. The predicted molar refractivity (Wildman–Crippen MR) is 247 cm³/mol. The van der Waals surface area contributed by atoms with Crippen LogP contribution in [0.3, 0.4) is 0 Å². The number of thiophene rings is 1. The number of fused-ring (bicyclic) bond motifs is 15. The van der Waals surface area contributed by atoms with E-state index >= 15 is 0 Å². The van der Waals surface area contributed by atoms with Crippen molar-refractivity contribution in [1.29, 1.82) is 0 Å². The van der Waals surface area contributed by atoms with Crippen LogP contribution in [-0.4, -0.2) is 11.8 Å². The van der Waals surface area contributed by atoms with Gasteiger partial charge in [0.1, 0.15) is 22.3 Å². The van der Waals surface area contributed by atoms with Gasteiger partial charge in [-0.3, -0.25) is 0 Å². The van der Waals surface area contributed by atoms with E-state index in [2.05, 4.69) is 171 Å². The highest BCUT2D eigenvalue weighted by atomic mass is 32.1. The van der Waals surface area contributed by atoms with Gasteiger partial charge in [0.2, 0.25) is 0 Å². The number of benzene rings is 8. The summed E-state index contributed by atoms with van der Waals surface area (Å²) in [6, 6.07) is 52.9. The lowest BCUT2D eigenvalue weighted by Crippen LogP contribution is -2.37. The quantitative estimate of drug-likeness (QED) is 0.182. The van der Waals surface area contributed by atoms with Gasteiger partial charge in [-0.15, -0.1) is 11.3 Å². The number of nitrogens with zero attached hydrogens (tertiary/aromatic N) is 1. The second kappa shape index (κ2) is 11.4. The maximum Gasteiger partial charge on any atom is 0.198 e. The van der Waals surface area contributed by atoms with E-state index in [1.807, 2.05) is 23.5 Å². The summed E-state index contributed by atoms with van der Waals surface area (Å²) < 4.78 is 18.0. The maximum atomic E-state index is 6.50. The van der Waals surface area contributed by atoms with Gasteiger partial charge in [0, 0.05) is 80.6 Å². The maximum absolute atomic E-state index is 6.50. The molecule has 6 heteroatoms. The van der Waals surface area contributed by atoms with Crippen LogP contribution < -0.4 is 16.2 Å². The predicted octanol–water partition coefficient (Wildman–Crippen LogP) is 13.6. The first-order valence-corrected chi connectivity index (χ1v) is 20.7. The summed E-state index contributed by atoms with van der Waals surface area (Å²) in [5, 5.41) is 13.4. The van der Waals surface area contributed by atoms with E-state index in [-0.39, 0.29) is 5.41 Å². The highest BCUT2D eigenvalue weighted by Crippen LogP contribution is 2.46. The van der Waals surface area contributed by atoms with Gasteiger partial charge < -0.3 is 18.7 Å². The lowest BCUT2D eigenvalue weighted by atomic mass is 9.59. The average Bonchev–Trinajstić information content (AvgIpc) is 3.99. The van der Waals surface area contributed by atoms with E-state index in [0.717, 1.165) is 77.5 Å². The van der Waals surface area contributed by atoms with Crippen LogP contribution in [0.15, 0.2) is 154 Å². The van der Waals surface area contributed by atoms with Crippen molar-refractivity contribution in [2.75, 3.05) is 5.32 Å². The van der Waals surface area contributed by atoms with Gasteiger partial charge in [0.15, 0.2) is 7.28 Å². The van der Waals surface area contributed by atoms with Crippen LogP contribution >= 0.6 is 11.3 Å². The molecule has 58 heavy (non-hydrogen) atoms. The van der Waals surface area contributed by atoms with E-state index in [4.69, 9.17) is 8.83 Å². The molecule has 0 amide bonds. The summed E-state index contributed by atoms with van der Waals surface area (Å²) in [6.07, 6.45) is 0. The van der Waals surface area contributed by atoms with Gasteiger partial charge in [0.05, 0.1) is 5.52 Å². The molecular formula is C52H34BN2O2S. The summed E-state index contributed by atoms with van der Waals surface area (Å²) in [7, 11) is 2.39. The Morgan fingerprint density at radius 1 is 0.552 bits per heavy atom. The molecule has 0 bridgehead atoms. The van der Waals surface area contributed by atoms with Crippen LogP contribution in [0.4, 0.5) is 11.4 Å². The topological polar surface area (TPSA) is 43.2 Å². The smallest absolute Gasteiger partial charge is 0.198 e. The molecule has 4 nitrogen and oxygen atoms in total. The molecule has 273 valence electrons. The monoisotopic (exact) mass is 761 g/mol. The molecule has 12 aromatic rings. The van der Waals surface area contributed by atoms with E-state index in [9.17, 15) is 0 Å². The minimum absolute atomic E-state index is 0.0725. The molecule has 0 saturated heterocycles. The average molecular weight is 762 g/mol. The molecular weight excluding hydrogens is 727 g/mol. The fraction of sp³-hybridized carbons (Fsp3) is 0.0769. The van der Waals surface area contributed by atoms with Crippen molar-refractivity contribution in [3.63, 3.8) is 0 Å². The molecule has 0 unspecified atom stereocenters.